The molecule has 0 unspecified atom stereocenters. The molecule has 2 nitrogen and oxygen atoms in total. The van der Waals surface area contributed by atoms with Crippen molar-refractivity contribution in [1.29, 1.82) is 0 Å². The third-order valence-electron chi connectivity index (χ3n) is 2.79. The highest BCUT2D eigenvalue weighted by atomic mass is 19.1. The Morgan fingerprint density at radius 1 is 1.28 bits per heavy atom. The maximum absolute atomic E-state index is 13.4. The fraction of sp³-hybridized carbons (Fsp3) is 0.500. The van der Waals surface area contributed by atoms with E-state index in [9.17, 15) is 13.6 Å². The standard InChI is InChI=1S/C14H19F2NO/c1-3-4-5-8-17(2)10-14(18)12-9-11(15)6-7-13(12)16/h6-7,9H,3-5,8,10H2,1-2H3. The predicted molar refractivity (Wildman–Crippen MR) is 67.7 cm³/mol. The average molecular weight is 255 g/mol. The van der Waals surface area contributed by atoms with Gasteiger partial charge in [0.15, 0.2) is 5.78 Å². The zero-order valence-corrected chi connectivity index (χ0v) is 10.9. The minimum Gasteiger partial charge on any atom is -0.299 e. The topological polar surface area (TPSA) is 20.3 Å². The third-order valence-corrected chi connectivity index (χ3v) is 2.79. The number of hydrogen-bond donors (Lipinski definition) is 0. The number of likely N-dealkylation sites (N-methyl/N-ethyl adjacent to an activating group) is 1. The molecule has 0 fully saturated rings. The summed E-state index contributed by atoms with van der Waals surface area (Å²) < 4.78 is 26.3. The quantitative estimate of drug-likeness (QED) is 0.550. The van der Waals surface area contributed by atoms with Gasteiger partial charge in [-0.2, -0.15) is 0 Å². The van der Waals surface area contributed by atoms with E-state index in [-0.39, 0.29) is 17.9 Å². The third kappa shape index (κ3) is 4.53. The van der Waals surface area contributed by atoms with E-state index in [2.05, 4.69) is 6.92 Å². The van der Waals surface area contributed by atoms with E-state index >= 15 is 0 Å². The monoisotopic (exact) mass is 255 g/mol. The lowest BCUT2D eigenvalue weighted by molar-refractivity contribution is 0.0941. The fourth-order valence-corrected chi connectivity index (χ4v) is 1.75. The molecule has 0 N–H and O–H groups in total. The molecule has 1 aromatic carbocycles. The summed E-state index contributed by atoms with van der Waals surface area (Å²) in [6.07, 6.45) is 3.22. The first-order valence-corrected chi connectivity index (χ1v) is 6.21. The van der Waals surface area contributed by atoms with Gasteiger partial charge < -0.3 is 0 Å². The highest BCUT2D eigenvalue weighted by molar-refractivity contribution is 5.97. The Kier molecular flexibility index (Phi) is 5.92. The summed E-state index contributed by atoms with van der Waals surface area (Å²) in [5.41, 5.74) is -0.169. The van der Waals surface area contributed by atoms with Gasteiger partial charge in [0.1, 0.15) is 11.6 Å². The minimum absolute atomic E-state index is 0.115. The van der Waals surface area contributed by atoms with E-state index in [1.165, 1.54) is 0 Å². The Balaban J connectivity index is 2.56. The first-order chi connectivity index (χ1) is 8.54. The number of benzene rings is 1. The second-order valence-corrected chi connectivity index (χ2v) is 4.49. The van der Waals surface area contributed by atoms with E-state index in [1.54, 1.807) is 0 Å². The van der Waals surface area contributed by atoms with Crippen molar-refractivity contribution in [3.8, 4) is 0 Å². The number of halogens is 2. The SMILES string of the molecule is CCCCCN(C)CC(=O)c1cc(F)ccc1F. The van der Waals surface area contributed by atoms with Crippen LogP contribution < -0.4 is 0 Å². The number of nitrogens with zero attached hydrogens (tertiary/aromatic N) is 1. The summed E-state index contributed by atoms with van der Waals surface area (Å²) in [6.45, 7) is 3.01. The number of carbonyl (C=O) groups is 1. The first-order valence-electron chi connectivity index (χ1n) is 6.21. The smallest absolute Gasteiger partial charge is 0.179 e. The van der Waals surface area contributed by atoms with Crippen LogP contribution in [0.2, 0.25) is 0 Å². The van der Waals surface area contributed by atoms with Crippen LogP contribution >= 0.6 is 0 Å². The molecule has 0 heterocycles. The molecule has 0 spiro atoms. The number of Topliss-reactive ketones (excluding diaryl/α,β-unsaturated/α-hetero) is 1. The van der Waals surface area contributed by atoms with Crippen molar-refractivity contribution in [2.24, 2.45) is 0 Å². The van der Waals surface area contributed by atoms with E-state index in [1.807, 2.05) is 11.9 Å². The number of unbranched alkanes of at least 4 members (excludes halogenated alkanes) is 2. The van der Waals surface area contributed by atoms with Gasteiger partial charge in [0.05, 0.1) is 12.1 Å². The molecule has 0 radical (unpaired) electrons. The van der Waals surface area contributed by atoms with Gasteiger partial charge in [0, 0.05) is 0 Å². The highest BCUT2D eigenvalue weighted by Crippen LogP contribution is 2.11. The zero-order chi connectivity index (χ0) is 13.5. The van der Waals surface area contributed by atoms with Crippen molar-refractivity contribution in [3.05, 3.63) is 35.4 Å². The van der Waals surface area contributed by atoms with Crippen LogP contribution in [0.25, 0.3) is 0 Å². The van der Waals surface area contributed by atoms with E-state index < -0.39 is 11.6 Å². The fourth-order valence-electron chi connectivity index (χ4n) is 1.75. The molecular formula is C14H19F2NO. The van der Waals surface area contributed by atoms with Crippen molar-refractivity contribution in [2.45, 2.75) is 26.2 Å². The largest absolute Gasteiger partial charge is 0.299 e. The second kappa shape index (κ2) is 7.21. The average Bonchev–Trinajstić information content (AvgIpc) is 2.32. The summed E-state index contributed by atoms with van der Waals surface area (Å²) in [5.74, 6) is -1.64. The van der Waals surface area contributed by atoms with Gasteiger partial charge in [0.25, 0.3) is 0 Å². The number of carbonyl (C=O) groups excluding carboxylic acids is 1. The predicted octanol–water partition coefficient (Wildman–Crippen LogP) is 3.27. The van der Waals surface area contributed by atoms with E-state index in [0.29, 0.717) is 0 Å². The summed E-state index contributed by atoms with van der Waals surface area (Å²) in [5, 5.41) is 0. The lowest BCUT2D eigenvalue weighted by Crippen LogP contribution is -2.27. The van der Waals surface area contributed by atoms with Crippen molar-refractivity contribution >= 4 is 5.78 Å². The maximum Gasteiger partial charge on any atom is 0.179 e. The molecule has 0 aliphatic heterocycles. The number of rotatable bonds is 7. The lowest BCUT2D eigenvalue weighted by Gasteiger charge is -2.15. The van der Waals surface area contributed by atoms with Gasteiger partial charge >= 0.3 is 0 Å². The Morgan fingerprint density at radius 2 is 2.00 bits per heavy atom. The van der Waals surface area contributed by atoms with Crippen LogP contribution in [-0.2, 0) is 0 Å². The normalized spacial score (nSPS) is 10.9. The Hall–Kier alpha value is -1.29. The van der Waals surface area contributed by atoms with Crippen LogP contribution in [0.3, 0.4) is 0 Å². The number of hydrogen-bond acceptors (Lipinski definition) is 2. The van der Waals surface area contributed by atoms with Gasteiger partial charge in [-0.05, 0) is 38.2 Å². The van der Waals surface area contributed by atoms with Crippen LogP contribution in [0.1, 0.15) is 36.5 Å². The maximum atomic E-state index is 13.4. The molecule has 100 valence electrons. The van der Waals surface area contributed by atoms with Gasteiger partial charge in [-0.25, -0.2) is 8.78 Å². The Bertz CT molecular complexity index is 407. The van der Waals surface area contributed by atoms with Crippen molar-refractivity contribution < 1.29 is 13.6 Å². The van der Waals surface area contributed by atoms with Gasteiger partial charge in [-0.15, -0.1) is 0 Å². The number of ketones is 1. The second-order valence-electron chi connectivity index (χ2n) is 4.49. The molecule has 1 aromatic rings. The molecule has 0 aliphatic rings. The molecule has 0 aromatic heterocycles. The zero-order valence-electron chi connectivity index (χ0n) is 10.9. The summed E-state index contributed by atoms with van der Waals surface area (Å²) in [6, 6.07) is 2.95. The van der Waals surface area contributed by atoms with Crippen molar-refractivity contribution in [2.75, 3.05) is 20.1 Å². The molecule has 0 aliphatic carbocycles. The van der Waals surface area contributed by atoms with Crippen LogP contribution in [0.5, 0.6) is 0 Å². The summed E-state index contributed by atoms with van der Waals surface area (Å²) >= 11 is 0. The molecule has 4 heteroatoms. The van der Waals surface area contributed by atoms with Crippen molar-refractivity contribution in [1.82, 2.24) is 4.90 Å². The van der Waals surface area contributed by atoms with Crippen LogP contribution in [0, 0.1) is 11.6 Å². The van der Waals surface area contributed by atoms with Gasteiger partial charge in [-0.1, -0.05) is 19.8 Å². The molecule has 0 saturated heterocycles. The Morgan fingerprint density at radius 3 is 2.67 bits per heavy atom. The molecule has 0 bridgehead atoms. The molecular weight excluding hydrogens is 236 g/mol. The van der Waals surface area contributed by atoms with Crippen molar-refractivity contribution in [3.63, 3.8) is 0 Å². The molecule has 0 atom stereocenters. The van der Waals surface area contributed by atoms with Crippen LogP contribution in [0.4, 0.5) is 8.78 Å². The van der Waals surface area contributed by atoms with E-state index in [0.717, 1.165) is 44.0 Å². The Labute approximate surface area is 107 Å². The molecule has 1 rings (SSSR count). The summed E-state index contributed by atoms with van der Waals surface area (Å²) in [4.78, 5) is 13.6. The van der Waals surface area contributed by atoms with Crippen LogP contribution in [-0.4, -0.2) is 30.8 Å². The summed E-state index contributed by atoms with van der Waals surface area (Å²) in [7, 11) is 1.81. The molecule has 0 amide bonds. The van der Waals surface area contributed by atoms with Crippen LogP contribution in [0.15, 0.2) is 18.2 Å². The van der Waals surface area contributed by atoms with Gasteiger partial charge in [0.2, 0.25) is 0 Å². The minimum atomic E-state index is -0.664. The molecule has 0 saturated carbocycles. The van der Waals surface area contributed by atoms with E-state index in [4.69, 9.17) is 0 Å². The van der Waals surface area contributed by atoms with Gasteiger partial charge in [-0.3, -0.25) is 9.69 Å². The highest BCUT2D eigenvalue weighted by Gasteiger charge is 2.14. The lowest BCUT2D eigenvalue weighted by atomic mass is 10.1. The molecule has 18 heavy (non-hydrogen) atoms. The first kappa shape index (κ1) is 14.8.